The summed E-state index contributed by atoms with van der Waals surface area (Å²) in [6, 6.07) is 5.42. The second-order valence-electron chi connectivity index (χ2n) is 3.68. The molecular weight excluding hydrogens is 259 g/mol. The number of rotatable bonds is 3. The number of halogens is 2. The second kappa shape index (κ2) is 5.04. The summed E-state index contributed by atoms with van der Waals surface area (Å²) in [6.07, 6.45) is 0. The summed E-state index contributed by atoms with van der Waals surface area (Å²) in [5, 5.41) is 9.28. The number of hydrogen-bond donors (Lipinski definition) is 1. The quantitative estimate of drug-likeness (QED) is 0.932. The minimum atomic E-state index is 0.377. The Balaban J connectivity index is 2.35. The third-order valence-electron chi connectivity index (χ3n) is 2.64. The lowest BCUT2D eigenvalue weighted by Gasteiger charge is -2.08. The summed E-state index contributed by atoms with van der Waals surface area (Å²) in [5.74, 6) is 0. The highest BCUT2D eigenvalue weighted by molar-refractivity contribution is 6.35. The van der Waals surface area contributed by atoms with E-state index in [1.807, 2.05) is 13.0 Å². The fourth-order valence-electron chi connectivity index (χ4n) is 1.57. The fourth-order valence-corrected chi connectivity index (χ4v) is 2.09. The van der Waals surface area contributed by atoms with Gasteiger partial charge in [0.1, 0.15) is 0 Å². The predicted molar refractivity (Wildman–Crippen MR) is 68.2 cm³/mol. The van der Waals surface area contributed by atoms with Crippen LogP contribution in [-0.4, -0.2) is 15.0 Å². The standard InChI is InChI=1S/C11H12Cl2N4/c1-7-11(5-14)15-16-17(7)6-8-9(12)3-2-4-10(8)13/h2-4H,5-6,14H2,1H3. The van der Waals surface area contributed by atoms with Gasteiger partial charge in [-0.25, -0.2) is 4.68 Å². The van der Waals surface area contributed by atoms with E-state index < -0.39 is 0 Å². The molecule has 2 rings (SSSR count). The van der Waals surface area contributed by atoms with Crippen LogP contribution < -0.4 is 5.73 Å². The van der Waals surface area contributed by atoms with Crippen LogP contribution in [0.1, 0.15) is 17.0 Å². The van der Waals surface area contributed by atoms with Crippen LogP contribution in [0.25, 0.3) is 0 Å². The van der Waals surface area contributed by atoms with Crippen LogP contribution in [-0.2, 0) is 13.1 Å². The highest BCUT2D eigenvalue weighted by Crippen LogP contribution is 2.25. The van der Waals surface area contributed by atoms with Crippen LogP contribution in [0.4, 0.5) is 0 Å². The lowest BCUT2D eigenvalue weighted by Crippen LogP contribution is -2.06. The molecule has 0 fully saturated rings. The van der Waals surface area contributed by atoms with E-state index in [0.717, 1.165) is 17.0 Å². The number of benzene rings is 1. The Kier molecular flexibility index (Phi) is 3.66. The molecule has 0 saturated heterocycles. The van der Waals surface area contributed by atoms with Gasteiger partial charge in [-0.05, 0) is 19.1 Å². The van der Waals surface area contributed by atoms with Gasteiger partial charge in [0, 0.05) is 22.2 Å². The second-order valence-corrected chi connectivity index (χ2v) is 4.50. The normalized spacial score (nSPS) is 10.8. The van der Waals surface area contributed by atoms with Crippen LogP contribution in [0.5, 0.6) is 0 Å². The van der Waals surface area contributed by atoms with Gasteiger partial charge in [0.25, 0.3) is 0 Å². The van der Waals surface area contributed by atoms with Gasteiger partial charge < -0.3 is 5.73 Å². The van der Waals surface area contributed by atoms with Crippen molar-refractivity contribution in [2.24, 2.45) is 5.73 Å². The average Bonchev–Trinajstić information content (AvgIpc) is 2.65. The number of hydrogen-bond acceptors (Lipinski definition) is 3. The molecule has 1 aromatic heterocycles. The first-order chi connectivity index (χ1) is 8.13. The summed E-state index contributed by atoms with van der Waals surface area (Å²) < 4.78 is 1.75. The minimum Gasteiger partial charge on any atom is -0.325 e. The summed E-state index contributed by atoms with van der Waals surface area (Å²) in [6.45, 7) is 2.80. The molecule has 0 atom stereocenters. The highest BCUT2D eigenvalue weighted by Gasteiger charge is 2.11. The molecule has 0 amide bonds. The third kappa shape index (κ3) is 2.44. The van der Waals surface area contributed by atoms with Crippen LogP contribution in [0, 0.1) is 6.92 Å². The van der Waals surface area contributed by atoms with Gasteiger partial charge >= 0.3 is 0 Å². The van der Waals surface area contributed by atoms with Crippen molar-refractivity contribution < 1.29 is 0 Å². The summed E-state index contributed by atoms with van der Waals surface area (Å²) in [4.78, 5) is 0. The summed E-state index contributed by atoms with van der Waals surface area (Å²) in [7, 11) is 0. The zero-order valence-corrected chi connectivity index (χ0v) is 10.8. The Morgan fingerprint density at radius 3 is 2.47 bits per heavy atom. The first-order valence-electron chi connectivity index (χ1n) is 5.15. The van der Waals surface area contributed by atoms with Crippen LogP contribution in [0.15, 0.2) is 18.2 Å². The van der Waals surface area contributed by atoms with Crippen molar-refractivity contribution >= 4 is 23.2 Å². The Hall–Kier alpha value is -1.10. The molecule has 6 heteroatoms. The first kappa shape index (κ1) is 12.4. The Bertz CT molecular complexity index is 516. The molecule has 1 heterocycles. The van der Waals surface area contributed by atoms with E-state index in [-0.39, 0.29) is 0 Å². The molecule has 0 saturated carbocycles. The average molecular weight is 271 g/mol. The molecule has 0 aliphatic rings. The third-order valence-corrected chi connectivity index (χ3v) is 3.35. The molecule has 0 aliphatic heterocycles. The molecule has 0 aliphatic carbocycles. The summed E-state index contributed by atoms with van der Waals surface area (Å²) >= 11 is 12.2. The fraction of sp³-hybridized carbons (Fsp3) is 0.273. The zero-order chi connectivity index (χ0) is 12.4. The van der Waals surface area contributed by atoms with Crippen molar-refractivity contribution in [3.63, 3.8) is 0 Å². The van der Waals surface area contributed by atoms with Crippen LogP contribution in [0.2, 0.25) is 10.0 Å². The summed E-state index contributed by atoms with van der Waals surface area (Å²) in [5.41, 5.74) is 8.11. The SMILES string of the molecule is Cc1c(CN)nnn1Cc1c(Cl)cccc1Cl. The maximum Gasteiger partial charge on any atom is 0.0991 e. The van der Waals surface area contributed by atoms with Crippen molar-refractivity contribution in [3.8, 4) is 0 Å². The van der Waals surface area contributed by atoms with Gasteiger partial charge in [-0.2, -0.15) is 0 Å². The smallest absolute Gasteiger partial charge is 0.0991 e. The van der Waals surface area contributed by atoms with E-state index in [0.29, 0.717) is 23.1 Å². The topological polar surface area (TPSA) is 56.7 Å². The van der Waals surface area contributed by atoms with E-state index in [2.05, 4.69) is 10.3 Å². The number of nitrogens with zero attached hydrogens (tertiary/aromatic N) is 3. The Labute approximate surface area is 109 Å². The molecule has 0 radical (unpaired) electrons. The van der Waals surface area contributed by atoms with Gasteiger partial charge in [-0.1, -0.05) is 34.5 Å². The van der Waals surface area contributed by atoms with Crippen LogP contribution >= 0.6 is 23.2 Å². The highest BCUT2D eigenvalue weighted by atomic mass is 35.5. The van der Waals surface area contributed by atoms with E-state index in [1.165, 1.54) is 0 Å². The number of nitrogens with two attached hydrogens (primary N) is 1. The first-order valence-corrected chi connectivity index (χ1v) is 5.91. The molecular formula is C11H12Cl2N4. The van der Waals surface area contributed by atoms with Gasteiger partial charge in [-0.3, -0.25) is 0 Å². The number of aromatic nitrogens is 3. The maximum atomic E-state index is 6.10. The van der Waals surface area contributed by atoms with Gasteiger partial charge in [0.05, 0.1) is 17.9 Å². The van der Waals surface area contributed by atoms with Crippen molar-refractivity contribution in [2.75, 3.05) is 0 Å². The minimum absolute atomic E-state index is 0.377. The van der Waals surface area contributed by atoms with Crippen molar-refractivity contribution in [3.05, 3.63) is 45.2 Å². The molecule has 90 valence electrons. The van der Waals surface area contributed by atoms with E-state index in [9.17, 15) is 0 Å². The van der Waals surface area contributed by atoms with E-state index in [1.54, 1.807) is 16.8 Å². The predicted octanol–water partition coefficient (Wildman–Crippen LogP) is 2.40. The molecule has 2 aromatic rings. The molecule has 1 aromatic carbocycles. The Morgan fingerprint density at radius 1 is 1.29 bits per heavy atom. The Morgan fingerprint density at radius 2 is 1.94 bits per heavy atom. The lowest BCUT2D eigenvalue weighted by molar-refractivity contribution is 0.633. The largest absolute Gasteiger partial charge is 0.325 e. The van der Waals surface area contributed by atoms with Crippen molar-refractivity contribution in [2.45, 2.75) is 20.0 Å². The van der Waals surface area contributed by atoms with E-state index in [4.69, 9.17) is 28.9 Å². The van der Waals surface area contributed by atoms with Gasteiger partial charge in [0.2, 0.25) is 0 Å². The monoisotopic (exact) mass is 270 g/mol. The van der Waals surface area contributed by atoms with Crippen molar-refractivity contribution in [1.82, 2.24) is 15.0 Å². The zero-order valence-electron chi connectivity index (χ0n) is 9.32. The maximum absolute atomic E-state index is 6.10. The molecule has 2 N–H and O–H groups in total. The lowest BCUT2D eigenvalue weighted by atomic mass is 10.2. The molecule has 0 spiro atoms. The van der Waals surface area contributed by atoms with Gasteiger partial charge in [0.15, 0.2) is 0 Å². The van der Waals surface area contributed by atoms with E-state index >= 15 is 0 Å². The molecule has 4 nitrogen and oxygen atoms in total. The molecule has 0 unspecified atom stereocenters. The van der Waals surface area contributed by atoms with Crippen molar-refractivity contribution in [1.29, 1.82) is 0 Å². The van der Waals surface area contributed by atoms with Gasteiger partial charge in [-0.15, -0.1) is 5.10 Å². The molecule has 17 heavy (non-hydrogen) atoms. The molecule has 0 bridgehead atoms. The van der Waals surface area contributed by atoms with Crippen LogP contribution in [0.3, 0.4) is 0 Å².